The molecule has 3 aromatic rings. The van der Waals surface area contributed by atoms with Crippen molar-refractivity contribution in [2.75, 3.05) is 13.2 Å². The summed E-state index contributed by atoms with van der Waals surface area (Å²) in [6, 6.07) is 25.6. The molecule has 2 unspecified atom stereocenters. The minimum absolute atomic E-state index is 0.176. The normalized spacial score (nSPS) is 16.2. The first-order valence-corrected chi connectivity index (χ1v) is 12.4. The maximum Gasteiger partial charge on any atom is 0.410 e. The Hall–Kier alpha value is -4.24. The Morgan fingerprint density at radius 1 is 0.973 bits per heavy atom. The number of aliphatic carboxylic acids is 1. The van der Waals surface area contributed by atoms with Crippen LogP contribution in [-0.4, -0.2) is 41.3 Å². The second-order valence-electron chi connectivity index (χ2n) is 9.05. The summed E-state index contributed by atoms with van der Waals surface area (Å²) < 4.78 is 11.2. The van der Waals surface area contributed by atoms with Gasteiger partial charge in [-0.15, -0.1) is 5.92 Å². The zero-order valence-electron chi connectivity index (χ0n) is 20.9. The summed E-state index contributed by atoms with van der Waals surface area (Å²) in [4.78, 5) is 27.9. The Labute approximate surface area is 217 Å². The predicted molar refractivity (Wildman–Crippen MR) is 141 cm³/mol. The number of benzene rings is 3. The van der Waals surface area contributed by atoms with Gasteiger partial charge in [0.25, 0.3) is 0 Å². The zero-order valence-corrected chi connectivity index (χ0v) is 20.9. The first-order valence-electron chi connectivity index (χ1n) is 12.4. The Balaban J connectivity index is 1.61. The fourth-order valence-corrected chi connectivity index (χ4v) is 4.93. The fourth-order valence-electron chi connectivity index (χ4n) is 4.93. The maximum atomic E-state index is 13.1. The van der Waals surface area contributed by atoms with E-state index in [0.717, 1.165) is 12.0 Å². The third kappa shape index (κ3) is 5.95. The molecule has 37 heavy (non-hydrogen) atoms. The first-order chi connectivity index (χ1) is 18.0. The van der Waals surface area contributed by atoms with Crippen LogP contribution in [0.1, 0.15) is 42.9 Å². The standard InChI is InChI=1S/C31H31NO5/c1-2-3-21-36-28-18-16-26(17-19-28)31(29(33)34,25-13-8-5-9-14-25)22-27-15-10-20-32(27)30(35)37-23-24-11-6-4-7-12-24/h4-9,11-14,16-19,27H,10,15,20-23H2,1H3,(H,33,34). The van der Waals surface area contributed by atoms with E-state index in [-0.39, 0.29) is 25.7 Å². The Bertz CT molecular complexity index is 1250. The number of amides is 1. The number of hydrogen-bond acceptors (Lipinski definition) is 4. The summed E-state index contributed by atoms with van der Waals surface area (Å²) in [7, 11) is 0. The summed E-state index contributed by atoms with van der Waals surface area (Å²) in [5, 5.41) is 10.7. The monoisotopic (exact) mass is 497 g/mol. The summed E-state index contributed by atoms with van der Waals surface area (Å²) >= 11 is 0. The van der Waals surface area contributed by atoms with Gasteiger partial charge in [-0.1, -0.05) is 78.7 Å². The Kier molecular flexibility index (Phi) is 8.48. The topological polar surface area (TPSA) is 76.1 Å². The minimum Gasteiger partial charge on any atom is -0.481 e. The first kappa shape index (κ1) is 25.8. The number of nitrogens with zero attached hydrogens (tertiary/aromatic N) is 1. The van der Waals surface area contributed by atoms with Gasteiger partial charge in [-0.3, -0.25) is 4.79 Å². The van der Waals surface area contributed by atoms with Crippen LogP contribution in [-0.2, 0) is 21.6 Å². The molecular weight excluding hydrogens is 466 g/mol. The SMILES string of the molecule is CC#CCOc1ccc(C(CC2CCCN2C(=O)OCc2ccccc2)(C(=O)O)c2ccccc2)cc1. The smallest absolute Gasteiger partial charge is 0.410 e. The molecule has 1 aliphatic heterocycles. The van der Waals surface area contributed by atoms with Gasteiger partial charge in [-0.05, 0) is 55.0 Å². The molecule has 6 nitrogen and oxygen atoms in total. The van der Waals surface area contributed by atoms with Gasteiger partial charge in [0.2, 0.25) is 0 Å². The van der Waals surface area contributed by atoms with Gasteiger partial charge >= 0.3 is 12.1 Å². The number of likely N-dealkylation sites (tertiary alicyclic amines) is 1. The highest BCUT2D eigenvalue weighted by Gasteiger charge is 2.47. The van der Waals surface area contributed by atoms with Gasteiger partial charge < -0.3 is 19.5 Å². The molecule has 0 saturated carbocycles. The third-order valence-corrected chi connectivity index (χ3v) is 6.83. The molecule has 1 fully saturated rings. The molecule has 6 heteroatoms. The molecule has 0 bridgehead atoms. The molecule has 2 atom stereocenters. The van der Waals surface area contributed by atoms with Crippen molar-refractivity contribution in [1.82, 2.24) is 4.90 Å². The number of ether oxygens (including phenoxy) is 2. The van der Waals surface area contributed by atoms with Crippen LogP contribution in [0.15, 0.2) is 84.9 Å². The van der Waals surface area contributed by atoms with Crippen molar-refractivity contribution >= 4 is 12.1 Å². The van der Waals surface area contributed by atoms with Crippen LogP contribution in [0.2, 0.25) is 0 Å². The van der Waals surface area contributed by atoms with E-state index in [1.807, 2.05) is 60.7 Å². The third-order valence-electron chi connectivity index (χ3n) is 6.83. The molecular formula is C31H31NO5. The fraction of sp³-hybridized carbons (Fsp3) is 0.290. The molecule has 1 saturated heterocycles. The molecule has 0 aliphatic carbocycles. The van der Waals surface area contributed by atoms with Gasteiger partial charge in [0, 0.05) is 12.6 Å². The molecule has 0 spiro atoms. The van der Waals surface area contributed by atoms with Crippen molar-refractivity contribution < 1.29 is 24.2 Å². The summed E-state index contributed by atoms with van der Waals surface area (Å²) in [6.07, 6.45) is 1.31. The van der Waals surface area contributed by atoms with Gasteiger partial charge in [0.05, 0.1) is 0 Å². The van der Waals surface area contributed by atoms with E-state index in [1.165, 1.54) is 0 Å². The molecule has 1 amide bonds. The lowest BCUT2D eigenvalue weighted by molar-refractivity contribution is -0.143. The van der Waals surface area contributed by atoms with E-state index in [2.05, 4.69) is 11.8 Å². The van der Waals surface area contributed by atoms with Crippen molar-refractivity contribution in [1.29, 1.82) is 0 Å². The molecule has 1 aliphatic rings. The molecule has 1 heterocycles. The maximum absolute atomic E-state index is 13.1. The second kappa shape index (κ2) is 12.1. The van der Waals surface area contributed by atoms with Crippen molar-refractivity contribution in [3.63, 3.8) is 0 Å². The van der Waals surface area contributed by atoms with Crippen molar-refractivity contribution in [2.45, 2.75) is 44.2 Å². The van der Waals surface area contributed by atoms with E-state index >= 15 is 0 Å². The quantitative estimate of drug-likeness (QED) is 0.387. The Morgan fingerprint density at radius 2 is 1.62 bits per heavy atom. The molecule has 190 valence electrons. The predicted octanol–water partition coefficient (Wildman–Crippen LogP) is 5.65. The van der Waals surface area contributed by atoms with Crippen LogP contribution < -0.4 is 4.74 Å². The largest absolute Gasteiger partial charge is 0.481 e. The molecule has 4 rings (SSSR count). The van der Waals surface area contributed by atoms with Crippen LogP contribution in [0.3, 0.4) is 0 Å². The second-order valence-corrected chi connectivity index (χ2v) is 9.05. The lowest BCUT2D eigenvalue weighted by Crippen LogP contribution is -2.45. The van der Waals surface area contributed by atoms with Crippen molar-refractivity contribution in [2.24, 2.45) is 0 Å². The van der Waals surface area contributed by atoms with E-state index in [1.54, 1.807) is 36.1 Å². The van der Waals surface area contributed by atoms with Crippen LogP contribution in [0.4, 0.5) is 4.79 Å². The summed E-state index contributed by atoms with van der Waals surface area (Å²) in [5.41, 5.74) is 0.848. The van der Waals surface area contributed by atoms with E-state index in [4.69, 9.17) is 9.47 Å². The van der Waals surface area contributed by atoms with E-state index in [9.17, 15) is 14.7 Å². The van der Waals surface area contributed by atoms with Crippen LogP contribution in [0.25, 0.3) is 0 Å². The summed E-state index contributed by atoms with van der Waals surface area (Å²) in [6.45, 7) is 2.72. The van der Waals surface area contributed by atoms with Gasteiger partial charge in [0.15, 0.2) is 0 Å². The number of hydrogen-bond donors (Lipinski definition) is 1. The van der Waals surface area contributed by atoms with E-state index < -0.39 is 17.5 Å². The molecule has 3 aromatic carbocycles. The highest BCUT2D eigenvalue weighted by atomic mass is 16.6. The Morgan fingerprint density at radius 3 is 2.27 bits per heavy atom. The number of carbonyl (C=O) groups excluding carboxylic acids is 1. The minimum atomic E-state index is -1.35. The average molecular weight is 498 g/mol. The highest BCUT2D eigenvalue weighted by Crippen LogP contribution is 2.41. The highest BCUT2D eigenvalue weighted by molar-refractivity contribution is 5.86. The number of rotatable bonds is 9. The van der Waals surface area contributed by atoms with Crippen molar-refractivity contribution in [3.05, 3.63) is 102 Å². The molecule has 0 radical (unpaired) electrons. The van der Waals surface area contributed by atoms with Crippen molar-refractivity contribution in [3.8, 4) is 17.6 Å². The molecule has 0 aromatic heterocycles. The molecule has 1 N–H and O–H groups in total. The van der Waals surface area contributed by atoms with Gasteiger partial charge in [-0.25, -0.2) is 4.79 Å². The number of carboxylic acids is 1. The average Bonchev–Trinajstić information content (AvgIpc) is 3.40. The number of carbonyl (C=O) groups is 2. The van der Waals surface area contributed by atoms with E-state index in [0.29, 0.717) is 29.8 Å². The lowest BCUT2D eigenvalue weighted by atomic mass is 9.70. The van der Waals surface area contributed by atoms with Gasteiger partial charge in [-0.2, -0.15) is 0 Å². The van der Waals surface area contributed by atoms with Crippen LogP contribution >= 0.6 is 0 Å². The zero-order chi connectivity index (χ0) is 26.1. The van der Waals surface area contributed by atoms with Gasteiger partial charge in [0.1, 0.15) is 24.4 Å². The summed E-state index contributed by atoms with van der Waals surface area (Å²) in [5.74, 6) is 5.29. The van der Waals surface area contributed by atoms with Crippen LogP contribution in [0, 0.1) is 11.8 Å². The van der Waals surface area contributed by atoms with Crippen LogP contribution in [0.5, 0.6) is 5.75 Å². The number of carboxylic acid groups (broad SMARTS) is 1. The lowest BCUT2D eigenvalue weighted by Gasteiger charge is -2.36.